The average molecular weight is 628 g/mol. The van der Waals surface area contributed by atoms with E-state index in [-0.39, 0.29) is 55.1 Å². The number of aliphatic hydroxyl groups is 1. The first-order chi connectivity index (χ1) is 19.5. The molecule has 4 aromatic rings. The normalized spacial score (nSPS) is 17.9. The highest BCUT2D eigenvalue weighted by molar-refractivity contribution is 7.22. The van der Waals surface area contributed by atoms with Crippen molar-refractivity contribution in [3.05, 3.63) is 69.9 Å². The number of primary amides is 1. The van der Waals surface area contributed by atoms with E-state index in [4.69, 9.17) is 27.8 Å². The van der Waals surface area contributed by atoms with Gasteiger partial charge in [0, 0.05) is 16.7 Å². The number of nitrogens with one attached hydrogen (secondary N) is 1. The molecule has 0 saturated heterocycles. The summed E-state index contributed by atoms with van der Waals surface area (Å²) < 4.78 is 78.2. The summed E-state index contributed by atoms with van der Waals surface area (Å²) >= 11 is 6.61. The van der Waals surface area contributed by atoms with Gasteiger partial charge in [-0.1, -0.05) is 29.0 Å². The molecule has 1 aliphatic rings. The van der Waals surface area contributed by atoms with Gasteiger partial charge in [-0.2, -0.15) is 13.2 Å². The molecule has 0 saturated carbocycles. The molecule has 1 aliphatic heterocycles. The SMILES string of the molecule is C[C@]1(C(N)=O)COc2c1cc(C(O)(CNC(=O)c1cc(F)c3nc(N)sc3c1)C(F)(F)F)nc2-c1ccc(Cl)c(F)c1. The Labute approximate surface area is 242 Å². The van der Waals surface area contributed by atoms with Crippen LogP contribution >= 0.6 is 22.9 Å². The minimum absolute atomic E-state index is 0.0129. The van der Waals surface area contributed by atoms with Crippen molar-refractivity contribution in [2.45, 2.75) is 24.1 Å². The van der Waals surface area contributed by atoms with E-state index in [9.17, 15) is 36.6 Å². The lowest BCUT2D eigenvalue weighted by atomic mass is 9.81. The predicted molar refractivity (Wildman–Crippen MR) is 143 cm³/mol. The minimum Gasteiger partial charge on any atom is -0.489 e. The summed E-state index contributed by atoms with van der Waals surface area (Å²) in [5, 5.41) is 12.8. The minimum atomic E-state index is -5.45. The molecule has 2 aromatic heterocycles. The Balaban J connectivity index is 1.61. The average Bonchev–Trinajstić information content (AvgIpc) is 3.47. The molecule has 0 fully saturated rings. The van der Waals surface area contributed by atoms with Crippen LogP contribution in [0.15, 0.2) is 36.4 Å². The highest BCUT2D eigenvalue weighted by Gasteiger charge is 2.57. The Morgan fingerprint density at radius 3 is 2.52 bits per heavy atom. The molecule has 1 unspecified atom stereocenters. The Morgan fingerprint density at radius 2 is 1.88 bits per heavy atom. The number of ether oxygens (including phenoxy) is 1. The first-order valence-electron chi connectivity index (χ1n) is 11.9. The van der Waals surface area contributed by atoms with Crippen LogP contribution in [0.3, 0.4) is 0 Å². The van der Waals surface area contributed by atoms with Crippen molar-refractivity contribution in [1.29, 1.82) is 0 Å². The molecule has 42 heavy (non-hydrogen) atoms. The van der Waals surface area contributed by atoms with E-state index in [1.54, 1.807) is 0 Å². The molecule has 0 radical (unpaired) electrons. The van der Waals surface area contributed by atoms with Crippen molar-refractivity contribution in [2.75, 3.05) is 18.9 Å². The van der Waals surface area contributed by atoms with Crippen LogP contribution < -0.4 is 21.5 Å². The van der Waals surface area contributed by atoms with E-state index in [0.29, 0.717) is 0 Å². The smallest absolute Gasteiger partial charge is 0.424 e. The molecule has 0 bridgehead atoms. The highest BCUT2D eigenvalue weighted by atomic mass is 35.5. The van der Waals surface area contributed by atoms with E-state index in [1.807, 2.05) is 5.32 Å². The fourth-order valence-electron chi connectivity index (χ4n) is 4.42. The number of amides is 2. The number of aromatic nitrogens is 2. The molecule has 5 rings (SSSR count). The summed E-state index contributed by atoms with van der Waals surface area (Å²) in [4.78, 5) is 32.9. The second-order valence-corrected chi connectivity index (χ2v) is 11.2. The number of nitrogens with zero attached hydrogens (tertiary/aromatic N) is 2. The van der Waals surface area contributed by atoms with Crippen LogP contribution in [0.1, 0.15) is 28.5 Å². The Morgan fingerprint density at radius 1 is 1.17 bits per heavy atom. The number of thiazole rings is 1. The second-order valence-electron chi connectivity index (χ2n) is 9.74. The lowest BCUT2D eigenvalue weighted by molar-refractivity contribution is -0.265. The third kappa shape index (κ3) is 4.76. The van der Waals surface area contributed by atoms with Gasteiger partial charge in [-0.25, -0.2) is 18.7 Å². The van der Waals surface area contributed by atoms with Gasteiger partial charge >= 0.3 is 6.18 Å². The highest BCUT2D eigenvalue weighted by Crippen LogP contribution is 2.48. The number of carbonyl (C=O) groups is 2. The third-order valence-corrected chi connectivity index (χ3v) is 8.07. The van der Waals surface area contributed by atoms with Gasteiger partial charge in [0.05, 0.1) is 22.0 Å². The molecule has 6 N–H and O–H groups in total. The van der Waals surface area contributed by atoms with E-state index < -0.39 is 52.9 Å². The first kappa shape index (κ1) is 29.4. The van der Waals surface area contributed by atoms with Gasteiger partial charge in [-0.15, -0.1) is 0 Å². The second kappa shape index (κ2) is 10.0. The summed E-state index contributed by atoms with van der Waals surface area (Å²) in [6, 6.07) is 6.03. The number of alkyl halides is 3. The van der Waals surface area contributed by atoms with Crippen molar-refractivity contribution < 1.29 is 41.4 Å². The number of benzene rings is 2. The number of nitrogens with two attached hydrogens (primary N) is 2. The summed E-state index contributed by atoms with van der Waals surface area (Å²) in [5.74, 6) is -4.10. The van der Waals surface area contributed by atoms with Gasteiger partial charge in [-0.3, -0.25) is 9.59 Å². The Bertz CT molecular complexity index is 1780. The monoisotopic (exact) mass is 627 g/mol. The number of hydrogen-bond acceptors (Lipinski definition) is 8. The molecular weight excluding hydrogens is 609 g/mol. The molecule has 0 spiro atoms. The number of pyridine rings is 1. The van der Waals surface area contributed by atoms with Crippen molar-refractivity contribution in [3.8, 4) is 17.0 Å². The zero-order chi connectivity index (χ0) is 30.8. The number of anilines is 1. The van der Waals surface area contributed by atoms with Gasteiger partial charge in [0.2, 0.25) is 11.5 Å². The number of rotatable bonds is 6. The number of nitrogen functional groups attached to an aromatic ring is 1. The van der Waals surface area contributed by atoms with Gasteiger partial charge < -0.3 is 26.6 Å². The Kier molecular flexibility index (Phi) is 7.02. The maximum Gasteiger partial charge on any atom is 0.424 e. The Hall–Kier alpha value is -4.08. The van der Waals surface area contributed by atoms with Crippen LogP contribution in [0, 0.1) is 11.6 Å². The van der Waals surface area contributed by atoms with E-state index in [0.717, 1.165) is 35.6 Å². The molecule has 220 valence electrons. The van der Waals surface area contributed by atoms with Crippen LogP contribution in [0.2, 0.25) is 5.02 Å². The van der Waals surface area contributed by atoms with Crippen LogP contribution in [-0.2, 0) is 15.8 Å². The zero-order valence-corrected chi connectivity index (χ0v) is 22.8. The molecule has 2 aromatic carbocycles. The fourth-order valence-corrected chi connectivity index (χ4v) is 5.33. The van der Waals surface area contributed by atoms with Crippen LogP contribution in [0.5, 0.6) is 5.75 Å². The topological polar surface area (TPSA) is 153 Å². The van der Waals surface area contributed by atoms with E-state index in [2.05, 4.69) is 9.97 Å². The van der Waals surface area contributed by atoms with Gasteiger partial charge in [-0.05, 0) is 37.3 Å². The van der Waals surface area contributed by atoms with Crippen molar-refractivity contribution >= 4 is 50.1 Å². The number of hydrogen-bond donors (Lipinski definition) is 4. The summed E-state index contributed by atoms with van der Waals surface area (Å²) in [6.07, 6.45) is -5.45. The molecule has 0 aliphatic carbocycles. The van der Waals surface area contributed by atoms with Crippen molar-refractivity contribution in [2.24, 2.45) is 5.73 Å². The van der Waals surface area contributed by atoms with Gasteiger partial charge in [0.15, 0.2) is 10.9 Å². The molecule has 3 heterocycles. The standard InChI is InChI=1S/C26H19ClF5N5O4S/c1-24(22(33)39)9-41-20-12(24)7-17(36-18(20)10-2-3-13(27)14(28)4-10)25(40,26(30,31)32)8-35-21(38)11-5-15(29)19-16(6-11)42-23(34)37-19/h2-7,40H,8-9H2,1H3,(H2,33,39)(H2,34,37)(H,35,38)/t24-,25?/m0/s1. The quantitative estimate of drug-likeness (QED) is 0.234. The molecule has 2 amide bonds. The number of carbonyl (C=O) groups excluding carboxylic acids is 2. The lowest BCUT2D eigenvalue weighted by Crippen LogP contribution is -2.51. The molecule has 16 heteroatoms. The maximum absolute atomic E-state index is 14.6. The molecular formula is C26H19ClF5N5O4S. The summed E-state index contributed by atoms with van der Waals surface area (Å²) in [6.45, 7) is -0.528. The van der Waals surface area contributed by atoms with Crippen LogP contribution in [-0.4, -0.2) is 46.2 Å². The lowest BCUT2D eigenvalue weighted by Gasteiger charge is -2.31. The van der Waals surface area contributed by atoms with Crippen molar-refractivity contribution in [1.82, 2.24) is 15.3 Å². The van der Waals surface area contributed by atoms with E-state index in [1.165, 1.54) is 19.1 Å². The third-order valence-electron chi connectivity index (χ3n) is 6.93. The predicted octanol–water partition coefficient (Wildman–Crippen LogP) is 4.19. The molecule has 9 nitrogen and oxygen atoms in total. The maximum atomic E-state index is 14.6. The largest absolute Gasteiger partial charge is 0.489 e. The van der Waals surface area contributed by atoms with E-state index >= 15 is 0 Å². The van der Waals surface area contributed by atoms with Crippen LogP contribution in [0.25, 0.3) is 21.5 Å². The van der Waals surface area contributed by atoms with Gasteiger partial charge in [0.25, 0.3) is 5.91 Å². The first-order valence-corrected chi connectivity index (χ1v) is 13.1. The molecule has 2 atom stereocenters. The zero-order valence-electron chi connectivity index (χ0n) is 21.3. The summed E-state index contributed by atoms with van der Waals surface area (Å²) in [5.41, 5.74) is 3.53. The number of halogens is 6. The van der Waals surface area contributed by atoms with Gasteiger partial charge in [0.1, 0.15) is 34.8 Å². The fraction of sp³-hybridized carbons (Fsp3) is 0.231. The summed E-state index contributed by atoms with van der Waals surface area (Å²) in [7, 11) is 0. The van der Waals surface area contributed by atoms with Crippen molar-refractivity contribution in [3.63, 3.8) is 0 Å². The van der Waals surface area contributed by atoms with Crippen LogP contribution in [0.4, 0.5) is 27.1 Å². The number of fused-ring (bicyclic) bond motifs is 2.